The van der Waals surface area contributed by atoms with Crippen molar-refractivity contribution < 1.29 is 13.9 Å². The highest BCUT2D eigenvalue weighted by Gasteiger charge is 2.29. The van der Waals surface area contributed by atoms with Gasteiger partial charge in [-0.15, -0.1) is 0 Å². The maximum absolute atomic E-state index is 12.0. The van der Waals surface area contributed by atoms with Gasteiger partial charge < -0.3 is 14.5 Å². The summed E-state index contributed by atoms with van der Waals surface area (Å²) < 4.78 is 12.5. The van der Waals surface area contributed by atoms with Gasteiger partial charge in [0.25, 0.3) is 0 Å². The molecule has 1 atom stereocenters. The van der Waals surface area contributed by atoms with E-state index >= 15 is 0 Å². The smallest absolute Gasteiger partial charge is 0.307 e. The second-order valence-corrected chi connectivity index (χ2v) is 10.5. The Morgan fingerprint density at radius 3 is 2.88 bits per heavy atom. The average Bonchev–Trinajstić information content (AvgIpc) is 3.36. The van der Waals surface area contributed by atoms with Crippen LogP contribution in [0.2, 0.25) is 5.02 Å². The molecule has 0 aliphatic heterocycles. The second kappa shape index (κ2) is 9.06. The molecule has 4 aromatic rings. The van der Waals surface area contributed by atoms with Crippen LogP contribution in [0.15, 0.2) is 35.2 Å². The van der Waals surface area contributed by atoms with Crippen LogP contribution in [-0.4, -0.2) is 38.0 Å². The summed E-state index contributed by atoms with van der Waals surface area (Å²) in [4.78, 5) is 26.0. The molecular weight excluding hydrogens is 565 g/mol. The number of carbonyl (C=O) groups excluding carboxylic acids is 1. The predicted octanol–water partition coefficient (Wildman–Crippen LogP) is 6.13. The van der Waals surface area contributed by atoms with Gasteiger partial charge in [-0.05, 0) is 11.5 Å². The molecule has 32 heavy (non-hydrogen) atoms. The van der Waals surface area contributed by atoms with Crippen molar-refractivity contribution in [3.63, 3.8) is 0 Å². The molecule has 1 unspecified atom stereocenters. The standard InChI is InChI=1S/C21H21ClIN5O3S/c1-21(2,3)15(8-16(29)30-4)26-19-17-14(5-6-31-17)25-18(27-19)13-10-28(32-23)20-12(13)7-11(22)9-24-20/h5-7,9-10,15H,8H2,1-4H3,(H,25,26,27). The zero-order valence-corrected chi connectivity index (χ0v) is 21.6. The van der Waals surface area contributed by atoms with Gasteiger partial charge >= 0.3 is 5.97 Å². The van der Waals surface area contributed by atoms with E-state index in [1.165, 1.54) is 16.2 Å². The van der Waals surface area contributed by atoms with Gasteiger partial charge in [-0.2, -0.15) is 0 Å². The van der Waals surface area contributed by atoms with Crippen molar-refractivity contribution in [3.8, 4) is 11.4 Å². The van der Waals surface area contributed by atoms with E-state index in [-0.39, 0.29) is 23.8 Å². The van der Waals surface area contributed by atoms with Crippen molar-refractivity contribution in [3.05, 3.63) is 35.8 Å². The first-order valence-electron chi connectivity index (χ1n) is 9.76. The molecule has 11 heteroatoms. The van der Waals surface area contributed by atoms with E-state index in [0.717, 1.165) is 16.6 Å². The third-order valence-corrected chi connectivity index (χ3v) is 7.06. The monoisotopic (exact) mass is 585 g/mol. The van der Waals surface area contributed by atoms with Gasteiger partial charge in [-0.1, -0.05) is 32.4 Å². The normalized spacial score (nSPS) is 12.9. The molecule has 0 saturated carbocycles. The van der Waals surface area contributed by atoms with Gasteiger partial charge in [-0.3, -0.25) is 8.77 Å². The second-order valence-electron chi connectivity index (χ2n) is 8.34. The average molecular weight is 586 g/mol. The predicted molar refractivity (Wildman–Crippen MR) is 136 cm³/mol. The van der Waals surface area contributed by atoms with Crippen LogP contribution in [-0.2, 0) is 9.53 Å². The fourth-order valence-electron chi connectivity index (χ4n) is 3.36. The third-order valence-electron chi connectivity index (χ3n) is 5.15. The van der Waals surface area contributed by atoms with E-state index in [1.54, 1.807) is 18.5 Å². The highest BCUT2D eigenvalue weighted by atomic mass is 127. The molecule has 0 saturated heterocycles. The number of carbonyl (C=O) groups is 1. The van der Waals surface area contributed by atoms with Crippen LogP contribution in [0, 0.1) is 5.41 Å². The van der Waals surface area contributed by atoms with Gasteiger partial charge in [0, 0.05) is 65.8 Å². The number of nitrogens with zero attached hydrogens (tertiary/aromatic N) is 4. The molecule has 0 aliphatic rings. The number of hydrogen-bond acceptors (Lipinski definition) is 8. The van der Waals surface area contributed by atoms with E-state index in [2.05, 4.69) is 31.5 Å². The summed E-state index contributed by atoms with van der Waals surface area (Å²) in [5.41, 5.74) is 2.50. The topological polar surface area (TPSA) is 95.1 Å². The number of fused-ring (bicyclic) bond motifs is 2. The number of esters is 1. The van der Waals surface area contributed by atoms with Crippen molar-refractivity contribution >= 4 is 75.8 Å². The molecule has 0 aliphatic carbocycles. The van der Waals surface area contributed by atoms with Crippen LogP contribution in [0.3, 0.4) is 0 Å². The molecule has 0 radical (unpaired) electrons. The summed E-state index contributed by atoms with van der Waals surface area (Å²) in [5.74, 6) is 0.715. The first-order valence-corrected chi connectivity index (χ1v) is 13.5. The summed E-state index contributed by atoms with van der Waals surface area (Å²) >= 11 is 8.42. The SMILES string of the molecule is COC(=O)CC(Nc1nc(-c2cn(SI)c3ncc(Cl)cc23)nc2ccoc12)C(C)(C)C. The van der Waals surface area contributed by atoms with E-state index in [9.17, 15) is 4.79 Å². The van der Waals surface area contributed by atoms with Gasteiger partial charge in [0.05, 0.1) is 24.8 Å². The van der Waals surface area contributed by atoms with Gasteiger partial charge in [-0.25, -0.2) is 15.0 Å². The number of halogens is 2. The lowest BCUT2D eigenvalue weighted by molar-refractivity contribution is -0.141. The Labute approximate surface area is 206 Å². The largest absolute Gasteiger partial charge is 0.469 e. The molecular formula is C21H21ClIN5O3S. The molecule has 1 N–H and O–H groups in total. The van der Waals surface area contributed by atoms with Crippen LogP contribution in [0.1, 0.15) is 27.2 Å². The summed E-state index contributed by atoms with van der Waals surface area (Å²) in [6, 6.07) is 3.40. The van der Waals surface area contributed by atoms with E-state index in [4.69, 9.17) is 30.7 Å². The molecule has 4 heterocycles. The number of rotatable bonds is 6. The van der Waals surface area contributed by atoms with E-state index in [1.807, 2.05) is 37.0 Å². The first kappa shape index (κ1) is 23.1. The van der Waals surface area contributed by atoms with Crippen molar-refractivity contribution in [1.29, 1.82) is 0 Å². The molecule has 8 nitrogen and oxygen atoms in total. The Morgan fingerprint density at radius 1 is 1.41 bits per heavy atom. The number of ether oxygens (including phenoxy) is 1. The molecule has 0 amide bonds. The van der Waals surface area contributed by atoms with Crippen LogP contribution in [0.25, 0.3) is 33.5 Å². The minimum absolute atomic E-state index is 0.186. The van der Waals surface area contributed by atoms with Crippen molar-refractivity contribution in [2.75, 3.05) is 12.4 Å². The van der Waals surface area contributed by atoms with Crippen molar-refractivity contribution in [2.24, 2.45) is 5.41 Å². The van der Waals surface area contributed by atoms with Gasteiger partial charge in [0.15, 0.2) is 22.9 Å². The van der Waals surface area contributed by atoms with Crippen LogP contribution in [0.4, 0.5) is 5.82 Å². The lowest BCUT2D eigenvalue weighted by atomic mass is 9.84. The lowest BCUT2D eigenvalue weighted by Crippen LogP contribution is -2.36. The molecule has 0 bridgehead atoms. The number of anilines is 1. The molecule has 0 fully saturated rings. The summed E-state index contributed by atoms with van der Waals surface area (Å²) in [6.07, 6.45) is 5.31. The highest BCUT2D eigenvalue weighted by Crippen LogP contribution is 2.36. The van der Waals surface area contributed by atoms with E-state index < -0.39 is 0 Å². The Balaban J connectivity index is 1.85. The van der Waals surface area contributed by atoms with Crippen LogP contribution in [0.5, 0.6) is 0 Å². The summed E-state index contributed by atoms with van der Waals surface area (Å²) in [6.45, 7) is 6.15. The molecule has 4 rings (SSSR count). The van der Waals surface area contributed by atoms with Gasteiger partial charge in [0.2, 0.25) is 0 Å². The van der Waals surface area contributed by atoms with Gasteiger partial charge in [0.1, 0.15) is 5.52 Å². The summed E-state index contributed by atoms with van der Waals surface area (Å²) in [7, 11) is 2.88. The molecule has 0 spiro atoms. The number of hydrogen-bond donors (Lipinski definition) is 1. The number of furan rings is 1. The highest BCUT2D eigenvalue weighted by molar-refractivity contribution is 14.2. The Bertz CT molecular complexity index is 1300. The fourth-order valence-corrected chi connectivity index (χ4v) is 4.77. The molecule has 168 valence electrons. The number of aromatic nitrogens is 4. The summed E-state index contributed by atoms with van der Waals surface area (Å²) in [5, 5.41) is 4.78. The molecule has 0 aromatic carbocycles. The first-order chi connectivity index (χ1) is 15.2. The number of nitrogens with one attached hydrogen (secondary N) is 1. The quantitative estimate of drug-likeness (QED) is 0.213. The van der Waals surface area contributed by atoms with Crippen molar-refractivity contribution in [2.45, 2.75) is 33.2 Å². The maximum atomic E-state index is 12.0. The van der Waals surface area contributed by atoms with Crippen molar-refractivity contribution in [1.82, 2.24) is 18.9 Å². The fraction of sp³-hybridized carbons (Fsp3) is 0.333. The number of methoxy groups -OCH3 is 1. The lowest BCUT2D eigenvalue weighted by Gasteiger charge is -2.31. The zero-order valence-electron chi connectivity index (χ0n) is 17.8. The number of pyridine rings is 1. The minimum Gasteiger partial charge on any atom is -0.469 e. The molecule has 4 aromatic heterocycles. The Kier molecular flexibility index (Phi) is 6.55. The Morgan fingerprint density at radius 2 is 2.19 bits per heavy atom. The Hall–Kier alpha value is -2.05. The minimum atomic E-state index is -0.301. The van der Waals surface area contributed by atoms with Crippen LogP contribution < -0.4 is 5.32 Å². The zero-order chi connectivity index (χ0) is 23.0. The van der Waals surface area contributed by atoms with Crippen LogP contribution >= 0.6 is 41.9 Å². The third kappa shape index (κ3) is 4.53. The van der Waals surface area contributed by atoms with E-state index in [0.29, 0.717) is 27.8 Å². The maximum Gasteiger partial charge on any atom is 0.307 e.